The van der Waals surface area contributed by atoms with Crippen LogP contribution in [0, 0.1) is 0 Å². The molecule has 2 aromatic rings. The lowest BCUT2D eigenvalue weighted by Gasteiger charge is -2.20. The molecule has 0 aromatic heterocycles. The van der Waals surface area contributed by atoms with E-state index in [2.05, 4.69) is 0 Å². The molecule has 1 N–H and O–H groups in total. The standard InChI is InChI=1S/C19H20N2O3/c1-20(13-14-7-4-3-5-8-14)17-12-18(22)21(19(17)23)15-9-6-10-16(11-15)24-2/h3-11,17H,12-13H2,1-2H3/p+1. The summed E-state index contributed by atoms with van der Waals surface area (Å²) >= 11 is 0. The summed E-state index contributed by atoms with van der Waals surface area (Å²) in [6, 6.07) is 16.7. The zero-order valence-electron chi connectivity index (χ0n) is 13.9. The largest absolute Gasteiger partial charge is 0.497 e. The Kier molecular flexibility index (Phi) is 4.62. The van der Waals surface area contributed by atoms with Crippen molar-refractivity contribution in [1.82, 2.24) is 0 Å². The highest BCUT2D eigenvalue weighted by Gasteiger charge is 2.44. The van der Waals surface area contributed by atoms with E-state index >= 15 is 0 Å². The quantitative estimate of drug-likeness (QED) is 0.836. The summed E-state index contributed by atoms with van der Waals surface area (Å²) in [6.07, 6.45) is 0.231. The van der Waals surface area contributed by atoms with E-state index in [1.54, 1.807) is 31.4 Å². The number of carbonyl (C=O) groups is 2. The van der Waals surface area contributed by atoms with Crippen LogP contribution in [0.25, 0.3) is 0 Å². The fourth-order valence-corrected chi connectivity index (χ4v) is 3.08. The van der Waals surface area contributed by atoms with Gasteiger partial charge >= 0.3 is 0 Å². The number of ether oxygens (including phenoxy) is 1. The molecule has 3 rings (SSSR count). The van der Waals surface area contributed by atoms with Crippen LogP contribution < -0.4 is 14.5 Å². The number of amides is 2. The van der Waals surface area contributed by atoms with Crippen LogP contribution >= 0.6 is 0 Å². The van der Waals surface area contributed by atoms with Gasteiger partial charge in [0.2, 0.25) is 5.91 Å². The molecule has 5 heteroatoms. The molecule has 1 aliphatic heterocycles. The van der Waals surface area contributed by atoms with Crippen LogP contribution in [0.15, 0.2) is 54.6 Å². The Morgan fingerprint density at radius 2 is 1.88 bits per heavy atom. The zero-order valence-corrected chi connectivity index (χ0v) is 13.9. The molecule has 0 bridgehead atoms. The van der Waals surface area contributed by atoms with Crippen molar-refractivity contribution >= 4 is 17.5 Å². The maximum Gasteiger partial charge on any atom is 0.292 e. The van der Waals surface area contributed by atoms with Gasteiger partial charge in [-0.15, -0.1) is 0 Å². The molecule has 0 aliphatic carbocycles. The van der Waals surface area contributed by atoms with Crippen LogP contribution in [0.1, 0.15) is 12.0 Å². The molecular weight excluding hydrogens is 304 g/mol. The van der Waals surface area contributed by atoms with Crippen LogP contribution in [-0.4, -0.2) is 32.0 Å². The number of anilines is 1. The fraction of sp³-hybridized carbons (Fsp3) is 0.263. The summed E-state index contributed by atoms with van der Waals surface area (Å²) in [6.45, 7) is 0.705. The van der Waals surface area contributed by atoms with Crippen molar-refractivity contribution in [3.63, 3.8) is 0 Å². The van der Waals surface area contributed by atoms with Crippen molar-refractivity contribution in [2.24, 2.45) is 0 Å². The molecule has 0 saturated carbocycles. The average Bonchev–Trinajstić information content (AvgIpc) is 2.90. The van der Waals surface area contributed by atoms with Gasteiger partial charge in [0.1, 0.15) is 12.3 Å². The van der Waals surface area contributed by atoms with Crippen molar-refractivity contribution in [3.8, 4) is 5.75 Å². The predicted octanol–water partition coefficient (Wildman–Crippen LogP) is 1.04. The fourth-order valence-electron chi connectivity index (χ4n) is 3.08. The van der Waals surface area contributed by atoms with Gasteiger partial charge in [0.15, 0.2) is 6.04 Å². The first-order valence-electron chi connectivity index (χ1n) is 7.97. The first-order chi connectivity index (χ1) is 11.6. The molecule has 0 radical (unpaired) electrons. The summed E-state index contributed by atoms with van der Waals surface area (Å²) in [7, 11) is 3.52. The number of benzene rings is 2. The molecule has 2 unspecified atom stereocenters. The number of methoxy groups -OCH3 is 1. The Hall–Kier alpha value is -2.66. The third-order valence-corrected chi connectivity index (χ3v) is 4.38. The van der Waals surface area contributed by atoms with Crippen LogP contribution in [0.5, 0.6) is 5.75 Å². The van der Waals surface area contributed by atoms with Crippen molar-refractivity contribution < 1.29 is 19.2 Å². The number of imide groups is 1. The third kappa shape index (κ3) is 3.16. The Morgan fingerprint density at radius 1 is 1.12 bits per heavy atom. The number of rotatable bonds is 5. The van der Waals surface area contributed by atoms with Crippen LogP contribution in [-0.2, 0) is 16.1 Å². The van der Waals surface area contributed by atoms with E-state index in [9.17, 15) is 9.59 Å². The second-order valence-electron chi connectivity index (χ2n) is 6.03. The second-order valence-corrected chi connectivity index (χ2v) is 6.03. The van der Waals surface area contributed by atoms with Crippen molar-refractivity contribution in [2.45, 2.75) is 19.0 Å². The van der Waals surface area contributed by atoms with E-state index in [-0.39, 0.29) is 24.3 Å². The number of carbonyl (C=O) groups excluding carboxylic acids is 2. The van der Waals surface area contributed by atoms with E-state index in [1.165, 1.54) is 4.90 Å². The molecule has 2 atom stereocenters. The number of hydrogen-bond acceptors (Lipinski definition) is 3. The lowest BCUT2D eigenvalue weighted by molar-refractivity contribution is -0.908. The van der Waals surface area contributed by atoms with Gasteiger partial charge in [-0.25, -0.2) is 4.90 Å². The lowest BCUT2D eigenvalue weighted by atomic mass is 10.1. The van der Waals surface area contributed by atoms with Gasteiger partial charge in [-0.3, -0.25) is 9.59 Å². The number of nitrogens with zero attached hydrogens (tertiary/aromatic N) is 1. The number of hydrogen-bond donors (Lipinski definition) is 1. The minimum atomic E-state index is -0.357. The Balaban J connectivity index is 1.78. The Bertz CT molecular complexity index is 745. The highest BCUT2D eigenvalue weighted by Crippen LogP contribution is 2.25. The van der Waals surface area contributed by atoms with Gasteiger partial charge in [0.25, 0.3) is 5.91 Å². The molecule has 24 heavy (non-hydrogen) atoms. The maximum absolute atomic E-state index is 12.8. The molecule has 124 valence electrons. The van der Waals surface area contributed by atoms with Gasteiger partial charge in [-0.05, 0) is 12.1 Å². The molecule has 5 nitrogen and oxygen atoms in total. The van der Waals surface area contributed by atoms with E-state index in [1.807, 2.05) is 37.4 Å². The molecule has 1 fully saturated rings. The number of likely N-dealkylation sites (N-methyl/N-ethyl adjacent to an activating group) is 1. The van der Waals surface area contributed by atoms with Crippen LogP contribution in [0.4, 0.5) is 5.69 Å². The Labute approximate surface area is 141 Å². The molecule has 2 aromatic carbocycles. The highest BCUT2D eigenvalue weighted by molar-refractivity contribution is 6.21. The van der Waals surface area contributed by atoms with E-state index in [0.29, 0.717) is 18.0 Å². The second kappa shape index (κ2) is 6.84. The number of nitrogens with one attached hydrogen (secondary N) is 1. The summed E-state index contributed by atoms with van der Waals surface area (Å²) in [4.78, 5) is 27.5. The van der Waals surface area contributed by atoms with E-state index in [0.717, 1.165) is 10.5 Å². The molecule has 1 heterocycles. The topological polar surface area (TPSA) is 51.0 Å². The molecule has 2 amide bonds. The first-order valence-corrected chi connectivity index (χ1v) is 7.97. The smallest absolute Gasteiger partial charge is 0.292 e. The summed E-state index contributed by atoms with van der Waals surface area (Å²) in [5, 5.41) is 0. The normalized spacial score (nSPS) is 18.8. The van der Waals surface area contributed by atoms with Crippen LogP contribution in [0.3, 0.4) is 0 Å². The van der Waals surface area contributed by atoms with Gasteiger partial charge in [-0.2, -0.15) is 0 Å². The monoisotopic (exact) mass is 325 g/mol. The minimum Gasteiger partial charge on any atom is -0.497 e. The summed E-state index contributed by atoms with van der Waals surface area (Å²) < 4.78 is 5.18. The Morgan fingerprint density at radius 3 is 2.58 bits per heavy atom. The molecule has 1 saturated heterocycles. The highest BCUT2D eigenvalue weighted by atomic mass is 16.5. The van der Waals surface area contributed by atoms with Gasteiger partial charge in [0.05, 0.1) is 26.3 Å². The van der Waals surface area contributed by atoms with Gasteiger partial charge < -0.3 is 9.64 Å². The zero-order chi connectivity index (χ0) is 17.1. The predicted molar refractivity (Wildman–Crippen MR) is 90.9 cm³/mol. The summed E-state index contributed by atoms with van der Waals surface area (Å²) in [5.74, 6) is 0.314. The van der Waals surface area contributed by atoms with Crippen molar-refractivity contribution in [3.05, 3.63) is 60.2 Å². The maximum atomic E-state index is 12.8. The molecule has 0 spiro atoms. The minimum absolute atomic E-state index is 0.151. The van der Waals surface area contributed by atoms with Crippen LogP contribution in [0.2, 0.25) is 0 Å². The first kappa shape index (κ1) is 16.2. The van der Waals surface area contributed by atoms with Crippen molar-refractivity contribution in [1.29, 1.82) is 0 Å². The van der Waals surface area contributed by atoms with Crippen molar-refractivity contribution in [2.75, 3.05) is 19.1 Å². The average molecular weight is 325 g/mol. The lowest BCUT2D eigenvalue weighted by Crippen LogP contribution is -3.12. The van der Waals surface area contributed by atoms with E-state index in [4.69, 9.17) is 4.74 Å². The number of quaternary nitrogens is 1. The van der Waals surface area contributed by atoms with Gasteiger partial charge in [-0.1, -0.05) is 36.4 Å². The SMILES string of the molecule is COc1cccc(N2C(=O)CC([NH+](C)Cc3ccccc3)C2=O)c1. The third-order valence-electron chi connectivity index (χ3n) is 4.38. The molecule has 1 aliphatic rings. The summed E-state index contributed by atoms with van der Waals surface area (Å²) in [5.41, 5.74) is 1.72. The van der Waals surface area contributed by atoms with Gasteiger partial charge in [0, 0.05) is 11.6 Å². The molecular formula is C19H21N2O3+. The van der Waals surface area contributed by atoms with E-state index < -0.39 is 0 Å².